The molecule has 0 spiro atoms. The minimum atomic E-state index is 0.503. The smallest absolute Gasteiger partial charge is 0.0577 e. The predicted molar refractivity (Wildman–Crippen MR) is 128 cm³/mol. The Morgan fingerprint density at radius 1 is 0.833 bits per heavy atom. The molecule has 4 rings (SSSR count). The van der Waals surface area contributed by atoms with Crippen LogP contribution in [0.4, 0.5) is 0 Å². The second kappa shape index (κ2) is 8.39. The Hall–Kier alpha value is -0.0400. The monoisotopic (exact) mass is 416 g/mol. The van der Waals surface area contributed by atoms with Crippen LogP contribution in [-0.4, -0.2) is 13.2 Å². The molecule has 0 N–H and O–H groups in total. The van der Waals surface area contributed by atoms with Crippen LogP contribution in [-0.2, 0) is 4.74 Å². The molecular formula is C29H52O. The van der Waals surface area contributed by atoms with Crippen LogP contribution in [0.15, 0.2) is 0 Å². The van der Waals surface area contributed by atoms with Crippen LogP contribution in [0.1, 0.15) is 119 Å². The normalized spacial score (nSPS) is 49.4. The van der Waals surface area contributed by atoms with Crippen LogP contribution < -0.4 is 0 Å². The van der Waals surface area contributed by atoms with E-state index in [9.17, 15) is 0 Å². The van der Waals surface area contributed by atoms with Crippen molar-refractivity contribution in [1.29, 1.82) is 0 Å². The number of fused-ring (bicyclic) bond motifs is 5. The topological polar surface area (TPSA) is 9.23 Å². The van der Waals surface area contributed by atoms with E-state index in [-0.39, 0.29) is 0 Å². The van der Waals surface area contributed by atoms with Gasteiger partial charge in [0.05, 0.1) is 6.10 Å². The van der Waals surface area contributed by atoms with Gasteiger partial charge in [-0.2, -0.15) is 0 Å². The van der Waals surface area contributed by atoms with Crippen molar-refractivity contribution in [3.8, 4) is 0 Å². The standard InChI is InChI=1S/C29H52O/c1-20(2)9-8-10-21(3)24-11-12-25-23-14-16-27(4)19-22(30-7)13-18-29(27,6)26(23)15-17-28(24,25)5/h20-26H,8-19H2,1-7H3/t21-,22?,23+,24-,25+,26+,27-,28-,29-/m1/s1. The van der Waals surface area contributed by atoms with Gasteiger partial charge in [-0.15, -0.1) is 0 Å². The van der Waals surface area contributed by atoms with Crippen LogP contribution in [0.3, 0.4) is 0 Å². The SMILES string of the molecule is COC1CC[C@]2(C)[C@H]3CC[C@]4(C)[C@@H]([C@H](C)CCCC(C)C)CC[C@H]4[C@@H]3CC[C@]2(C)C1. The molecule has 0 amide bonds. The van der Waals surface area contributed by atoms with Crippen molar-refractivity contribution in [3.05, 3.63) is 0 Å². The van der Waals surface area contributed by atoms with E-state index in [1.54, 1.807) is 0 Å². The zero-order chi connectivity index (χ0) is 21.7. The number of rotatable bonds is 6. The fourth-order valence-corrected chi connectivity index (χ4v) is 9.81. The average molecular weight is 417 g/mol. The molecule has 4 aliphatic rings. The van der Waals surface area contributed by atoms with E-state index >= 15 is 0 Å². The van der Waals surface area contributed by atoms with Crippen LogP contribution in [0, 0.1) is 51.8 Å². The Morgan fingerprint density at radius 2 is 1.60 bits per heavy atom. The minimum absolute atomic E-state index is 0.503. The highest BCUT2D eigenvalue weighted by atomic mass is 16.5. The molecule has 174 valence electrons. The Bertz CT molecular complexity index is 597. The molecule has 9 atom stereocenters. The molecule has 0 bridgehead atoms. The van der Waals surface area contributed by atoms with Crippen molar-refractivity contribution in [2.24, 2.45) is 51.8 Å². The van der Waals surface area contributed by atoms with Gasteiger partial charge in [-0.25, -0.2) is 0 Å². The van der Waals surface area contributed by atoms with Crippen LogP contribution in [0.5, 0.6) is 0 Å². The van der Waals surface area contributed by atoms with Crippen LogP contribution >= 0.6 is 0 Å². The molecule has 0 aromatic heterocycles. The molecule has 0 radical (unpaired) electrons. The van der Waals surface area contributed by atoms with Gasteiger partial charge in [-0.3, -0.25) is 0 Å². The fraction of sp³-hybridized carbons (Fsp3) is 1.00. The Kier molecular flexibility index (Phi) is 6.47. The lowest BCUT2D eigenvalue weighted by atomic mass is 9.40. The molecule has 4 aliphatic carbocycles. The lowest BCUT2D eigenvalue weighted by Gasteiger charge is -2.65. The molecular weight excluding hydrogens is 364 g/mol. The van der Waals surface area contributed by atoms with E-state index < -0.39 is 0 Å². The quantitative estimate of drug-likeness (QED) is 0.421. The minimum Gasteiger partial charge on any atom is -0.381 e. The van der Waals surface area contributed by atoms with Gasteiger partial charge in [0.15, 0.2) is 0 Å². The number of ether oxygens (including phenoxy) is 1. The van der Waals surface area contributed by atoms with E-state index in [0.29, 0.717) is 22.3 Å². The van der Waals surface area contributed by atoms with Crippen molar-refractivity contribution in [1.82, 2.24) is 0 Å². The summed E-state index contributed by atoms with van der Waals surface area (Å²) in [6, 6.07) is 0. The Morgan fingerprint density at radius 3 is 2.30 bits per heavy atom. The largest absolute Gasteiger partial charge is 0.381 e. The molecule has 0 aliphatic heterocycles. The predicted octanol–water partition coefficient (Wildman–Crippen LogP) is 8.51. The van der Waals surface area contributed by atoms with Gasteiger partial charge in [0.25, 0.3) is 0 Å². The second-order valence-corrected chi connectivity index (χ2v) is 13.5. The first-order valence-corrected chi connectivity index (χ1v) is 13.7. The Balaban J connectivity index is 1.48. The average Bonchev–Trinajstić information content (AvgIpc) is 3.05. The zero-order valence-electron chi connectivity index (χ0n) is 21.4. The highest BCUT2D eigenvalue weighted by Gasteiger charge is 2.63. The molecule has 0 aromatic rings. The molecule has 1 heteroatoms. The van der Waals surface area contributed by atoms with Gasteiger partial charge < -0.3 is 4.74 Å². The van der Waals surface area contributed by atoms with Crippen LogP contribution in [0.2, 0.25) is 0 Å². The molecule has 1 nitrogen and oxygen atoms in total. The van der Waals surface area contributed by atoms with E-state index in [2.05, 4.69) is 41.5 Å². The van der Waals surface area contributed by atoms with Crippen molar-refractivity contribution >= 4 is 0 Å². The van der Waals surface area contributed by atoms with E-state index in [1.165, 1.54) is 77.0 Å². The third-order valence-electron chi connectivity index (χ3n) is 11.9. The molecule has 4 fully saturated rings. The maximum absolute atomic E-state index is 5.86. The van der Waals surface area contributed by atoms with Gasteiger partial charge >= 0.3 is 0 Å². The van der Waals surface area contributed by atoms with Crippen LogP contribution in [0.25, 0.3) is 0 Å². The van der Waals surface area contributed by atoms with E-state index in [0.717, 1.165) is 35.5 Å². The highest BCUT2D eigenvalue weighted by molar-refractivity contribution is 5.12. The summed E-state index contributed by atoms with van der Waals surface area (Å²) in [4.78, 5) is 0. The summed E-state index contributed by atoms with van der Waals surface area (Å²) in [5.74, 6) is 5.77. The molecule has 0 saturated heterocycles. The summed E-state index contributed by atoms with van der Waals surface area (Å²) < 4.78 is 5.86. The van der Waals surface area contributed by atoms with Gasteiger partial charge in [0, 0.05) is 7.11 Å². The van der Waals surface area contributed by atoms with Gasteiger partial charge in [-0.05, 0) is 110 Å². The summed E-state index contributed by atoms with van der Waals surface area (Å²) in [5, 5.41) is 0. The van der Waals surface area contributed by atoms with Crippen molar-refractivity contribution in [2.45, 2.75) is 125 Å². The maximum Gasteiger partial charge on any atom is 0.0577 e. The van der Waals surface area contributed by atoms with Crippen molar-refractivity contribution in [3.63, 3.8) is 0 Å². The van der Waals surface area contributed by atoms with Gasteiger partial charge in [0.1, 0.15) is 0 Å². The van der Waals surface area contributed by atoms with Crippen molar-refractivity contribution < 1.29 is 4.74 Å². The molecule has 30 heavy (non-hydrogen) atoms. The first kappa shape index (κ1) is 23.1. The van der Waals surface area contributed by atoms with E-state index in [1.807, 2.05) is 7.11 Å². The Labute approximate surface area is 188 Å². The lowest BCUT2D eigenvalue weighted by molar-refractivity contribution is -0.174. The second-order valence-electron chi connectivity index (χ2n) is 13.5. The molecule has 1 unspecified atom stereocenters. The number of methoxy groups -OCH3 is 1. The summed E-state index contributed by atoms with van der Waals surface area (Å²) >= 11 is 0. The van der Waals surface area contributed by atoms with Gasteiger partial charge in [0.2, 0.25) is 0 Å². The maximum atomic E-state index is 5.86. The first-order chi connectivity index (χ1) is 14.1. The third-order valence-corrected chi connectivity index (χ3v) is 11.9. The summed E-state index contributed by atoms with van der Waals surface area (Å²) in [5.41, 5.74) is 1.68. The molecule has 0 heterocycles. The first-order valence-electron chi connectivity index (χ1n) is 13.7. The third kappa shape index (κ3) is 3.62. The summed E-state index contributed by atoms with van der Waals surface area (Å²) in [7, 11) is 1.94. The zero-order valence-corrected chi connectivity index (χ0v) is 21.4. The molecule has 0 aromatic carbocycles. The van der Waals surface area contributed by atoms with Crippen molar-refractivity contribution in [2.75, 3.05) is 7.11 Å². The summed E-state index contributed by atoms with van der Waals surface area (Å²) in [6.45, 7) is 15.5. The number of hydrogen-bond donors (Lipinski definition) is 0. The summed E-state index contributed by atoms with van der Waals surface area (Å²) in [6.07, 6.45) is 17.9. The fourth-order valence-electron chi connectivity index (χ4n) is 9.81. The number of hydrogen-bond acceptors (Lipinski definition) is 1. The van der Waals surface area contributed by atoms with E-state index in [4.69, 9.17) is 4.74 Å². The lowest BCUT2D eigenvalue weighted by Crippen LogP contribution is -2.58. The highest BCUT2D eigenvalue weighted by Crippen LogP contribution is 2.71. The van der Waals surface area contributed by atoms with Gasteiger partial charge in [-0.1, -0.05) is 60.8 Å². The molecule has 4 saturated carbocycles.